The second-order valence-corrected chi connectivity index (χ2v) is 5.43. The number of carbonyl (C=O) groups excluding carboxylic acids is 1. The maximum atomic E-state index is 11.7. The third-order valence-electron chi connectivity index (χ3n) is 2.37. The van der Waals surface area contributed by atoms with E-state index in [2.05, 4.69) is 33.2 Å². The molecule has 0 aliphatic heterocycles. The summed E-state index contributed by atoms with van der Waals surface area (Å²) in [5, 5.41) is 3.94. The van der Waals surface area contributed by atoms with Crippen LogP contribution in [-0.4, -0.2) is 22.8 Å². The molecule has 1 unspecified atom stereocenters. The largest absolute Gasteiger partial charge is 0.351 e. The van der Waals surface area contributed by atoms with E-state index in [1.807, 2.05) is 6.92 Å². The van der Waals surface area contributed by atoms with Crippen molar-refractivity contribution in [2.45, 2.75) is 26.7 Å². The van der Waals surface area contributed by atoms with E-state index in [4.69, 9.17) is 0 Å². The molecular weight excluding hydrogens is 288 g/mol. The Balaban J connectivity index is 2.24. The molecule has 1 atom stereocenters. The zero-order valence-electron chi connectivity index (χ0n) is 9.62. The van der Waals surface area contributed by atoms with Crippen LogP contribution in [0.2, 0.25) is 0 Å². The summed E-state index contributed by atoms with van der Waals surface area (Å²) in [5.74, 6) is 0.675. The number of rotatable bonds is 6. The molecule has 0 aliphatic rings. The van der Waals surface area contributed by atoms with Crippen molar-refractivity contribution in [3.05, 3.63) is 16.1 Å². The number of thiazole rings is 1. The number of carbonyl (C=O) groups is 1. The van der Waals surface area contributed by atoms with E-state index in [0.717, 1.165) is 35.3 Å². The lowest BCUT2D eigenvalue weighted by atomic mass is 10.1. The number of halogens is 1. The van der Waals surface area contributed by atoms with Gasteiger partial charge in [0.15, 0.2) is 0 Å². The highest BCUT2D eigenvalue weighted by molar-refractivity contribution is 9.09. The summed E-state index contributed by atoms with van der Waals surface area (Å²) in [6, 6.07) is 0. The summed E-state index contributed by atoms with van der Waals surface area (Å²) in [5.41, 5.74) is 2.52. The van der Waals surface area contributed by atoms with Gasteiger partial charge in [0.2, 0.25) is 0 Å². The fourth-order valence-electron chi connectivity index (χ4n) is 1.33. The molecule has 1 heterocycles. The van der Waals surface area contributed by atoms with Gasteiger partial charge in [0.1, 0.15) is 4.88 Å². The Labute approximate surface area is 109 Å². The lowest BCUT2D eigenvalue weighted by Crippen LogP contribution is -2.24. The van der Waals surface area contributed by atoms with Gasteiger partial charge < -0.3 is 5.32 Å². The number of nitrogens with zero attached hydrogens (tertiary/aromatic N) is 1. The molecule has 0 spiro atoms. The highest BCUT2D eigenvalue weighted by Crippen LogP contribution is 2.12. The van der Waals surface area contributed by atoms with Crippen LogP contribution in [0.15, 0.2) is 5.51 Å². The second kappa shape index (κ2) is 7.01. The summed E-state index contributed by atoms with van der Waals surface area (Å²) in [6.07, 6.45) is 2.16. The van der Waals surface area contributed by atoms with E-state index in [1.165, 1.54) is 11.3 Å². The third kappa shape index (κ3) is 4.22. The normalized spacial score (nSPS) is 12.4. The van der Waals surface area contributed by atoms with E-state index < -0.39 is 0 Å². The second-order valence-electron chi connectivity index (χ2n) is 3.92. The van der Waals surface area contributed by atoms with Gasteiger partial charge in [-0.3, -0.25) is 4.79 Å². The van der Waals surface area contributed by atoms with E-state index >= 15 is 0 Å². The number of aryl methyl sites for hydroxylation is 1. The van der Waals surface area contributed by atoms with E-state index in [0.29, 0.717) is 5.92 Å². The number of hydrogen-bond acceptors (Lipinski definition) is 3. The van der Waals surface area contributed by atoms with Gasteiger partial charge in [-0.25, -0.2) is 4.98 Å². The van der Waals surface area contributed by atoms with E-state index in [9.17, 15) is 4.79 Å². The van der Waals surface area contributed by atoms with Crippen LogP contribution in [0.3, 0.4) is 0 Å². The quantitative estimate of drug-likeness (QED) is 0.648. The average Bonchev–Trinajstić information content (AvgIpc) is 2.70. The van der Waals surface area contributed by atoms with Gasteiger partial charge in [-0.05, 0) is 25.7 Å². The van der Waals surface area contributed by atoms with Crippen molar-refractivity contribution >= 4 is 33.2 Å². The molecule has 1 N–H and O–H groups in total. The van der Waals surface area contributed by atoms with Gasteiger partial charge in [-0.15, -0.1) is 11.3 Å². The van der Waals surface area contributed by atoms with Crippen LogP contribution >= 0.6 is 27.3 Å². The Morgan fingerprint density at radius 3 is 3.00 bits per heavy atom. The highest BCUT2D eigenvalue weighted by Gasteiger charge is 2.10. The lowest BCUT2D eigenvalue weighted by molar-refractivity contribution is 0.0956. The monoisotopic (exact) mass is 304 g/mol. The minimum absolute atomic E-state index is 0.00601. The van der Waals surface area contributed by atoms with Gasteiger partial charge in [0.25, 0.3) is 5.91 Å². The molecule has 1 aromatic rings. The first-order chi connectivity index (χ1) is 7.65. The van der Waals surface area contributed by atoms with Gasteiger partial charge in [0, 0.05) is 11.9 Å². The van der Waals surface area contributed by atoms with Crippen LogP contribution in [0.25, 0.3) is 0 Å². The maximum Gasteiger partial charge on any atom is 0.263 e. The molecule has 16 heavy (non-hydrogen) atoms. The summed E-state index contributed by atoms with van der Waals surface area (Å²) >= 11 is 4.84. The van der Waals surface area contributed by atoms with Crippen LogP contribution in [0.1, 0.15) is 35.1 Å². The zero-order valence-corrected chi connectivity index (χ0v) is 12.0. The summed E-state index contributed by atoms with van der Waals surface area (Å²) in [6.45, 7) is 4.80. The fourth-order valence-corrected chi connectivity index (χ4v) is 2.37. The number of hydrogen-bond donors (Lipinski definition) is 1. The number of aromatic nitrogens is 1. The molecule has 90 valence electrons. The predicted octanol–water partition coefficient (Wildman–Crippen LogP) is 2.99. The standard InChI is InChI=1S/C11H17BrN2OS/c1-8(6-12)4-3-5-13-11(15)10-9(2)14-7-16-10/h7-8H,3-6H2,1-2H3,(H,13,15). The third-order valence-corrected chi connectivity index (χ3v) is 4.41. The van der Waals surface area contributed by atoms with Crippen molar-refractivity contribution in [3.63, 3.8) is 0 Å². The molecule has 0 saturated heterocycles. The lowest BCUT2D eigenvalue weighted by Gasteiger charge is -2.07. The van der Waals surface area contributed by atoms with E-state index in [1.54, 1.807) is 5.51 Å². The molecule has 1 aromatic heterocycles. The van der Waals surface area contributed by atoms with Crippen LogP contribution in [-0.2, 0) is 0 Å². The first kappa shape index (κ1) is 13.6. The van der Waals surface area contributed by atoms with Crippen molar-refractivity contribution in [1.82, 2.24) is 10.3 Å². The van der Waals surface area contributed by atoms with Gasteiger partial charge in [-0.2, -0.15) is 0 Å². The molecule has 0 radical (unpaired) electrons. The van der Waals surface area contributed by atoms with Gasteiger partial charge >= 0.3 is 0 Å². The number of nitrogens with one attached hydrogen (secondary N) is 1. The Morgan fingerprint density at radius 1 is 1.69 bits per heavy atom. The molecule has 1 rings (SSSR count). The molecule has 0 bridgehead atoms. The summed E-state index contributed by atoms with van der Waals surface area (Å²) < 4.78 is 0. The Hall–Kier alpha value is -0.420. The number of alkyl halides is 1. The van der Waals surface area contributed by atoms with Gasteiger partial charge in [-0.1, -0.05) is 22.9 Å². The van der Waals surface area contributed by atoms with Crippen molar-refractivity contribution in [1.29, 1.82) is 0 Å². The first-order valence-corrected chi connectivity index (χ1v) is 7.39. The topological polar surface area (TPSA) is 42.0 Å². The maximum absolute atomic E-state index is 11.7. The summed E-state index contributed by atoms with van der Waals surface area (Å²) in [4.78, 5) is 16.5. The SMILES string of the molecule is Cc1ncsc1C(=O)NCCCC(C)CBr. The Bertz CT molecular complexity index is 340. The smallest absolute Gasteiger partial charge is 0.263 e. The van der Waals surface area contributed by atoms with Crippen molar-refractivity contribution in [2.24, 2.45) is 5.92 Å². The molecule has 5 heteroatoms. The van der Waals surface area contributed by atoms with Crippen LogP contribution in [0.4, 0.5) is 0 Å². The minimum Gasteiger partial charge on any atom is -0.351 e. The molecule has 0 aliphatic carbocycles. The molecule has 3 nitrogen and oxygen atoms in total. The van der Waals surface area contributed by atoms with Gasteiger partial charge in [0.05, 0.1) is 11.2 Å². The predicted molar refractivity (Wildman–Crippen MR) is 71.4 cm³/mol. The minimum atomic E-state index is 0.00601. The van der Waals surface area contributed by atoms with Crippen molar-refractivity contribution in [3.8, 4) is 0 Å². The zero-order chi connectivity index (χ0) is 12.0. The van der Waals surface area contributed by atoms with E-state index in [-0.39, 0.29) is 5.91 Å². The summed E-state index contributed by atoms with van der Waals surface area (Å²) in [7, 11) is 0. The van der Waals surface area contributed by atoms with Crippen molar-refractivity contribution < 1.29 is 4.79 Å². The molecule has 1 amide bonds. The molecule has 0 saturated carbocycles. The highest BCUT2D eigenvalue weighted by atomic mass is 79.9. The first-order valence-electron chi connectivity index (χ1n) is 5.39. The van der Waals surface area contributed by atoms with Crippen LogP contribution in [0, 0.1) is 12.8 Å². The Kier molecular flexibility index (Phi) is 5.98. The van der Waals surface area contributed by atoms with Crippen molar-refractivity contribution in [2.75, 3.05) is 11.9 Å². The molecular formula is C11H17BrN2OS. The number of amides is 1. The average molecular weight is 305 g/mol. The Morgan fingerprint density at radius 2 is 2.44 bits per heavy atom. The molecule has 0 aromatic carbocycles. The molecule has 0 fully saturated rings. The van der Waals surface area contributed by atoms with Crippen LogP contribution < -0.4 is 5.32 Å². The van der Waals surface area contributed by atoms with Crippen LogP contribution in [0.5, 0.6) is 0 Å². The fraction of sp³-hybridized carbons (Fsp3) is 0.636.